The molecule has 0 spiro atoms. The van der Waals surface area contributed by atoms with Crippen LogP contribution in [0.25, 0.3) is 0 Å². The van der Waals surface area contributed by atoms with Crippen molar-refractivity contribution in [3.8, 4) is 0 Å². The van der Waals surface area contributed by atoms with Crippen LogP contribution < -0.4 is 5.32 Å². The quantitative estimate of drug-likeness (QED) is 0.593. The highest BCUT2D eigenvalue weighted by atomic mass is 32.2. The van der Waals surface area contributed by atoms with Crippen molar-refractivity contribution in [2.45, 2.75) is 38.6 Å². The van der Waals surface area contributed by atoms with Crippen molar-refractivity contribution >= 4 is 10.0 Å². The molecule has 0 bridgehead atoms. The first kappa shape index (κ1) is 17.9. The number of aryl methyl sites for hydroxylation is 1. The second-order valence-electron chi connectivity index (χ2n) is 5.48. The van der Waals surface area contributed by atoms with Crippen molar-refractivity contribution in [3.63, 3.8) is 0 Å². The summed E-state index contributed by atoms with van der Waals surface area (Å²) in [6.07, 6.45) is 1.05. The first-order chi connectivity index (χ1) is 9.78. The SMILES string of the molecule is C=C(C)CN(C)S(=O)(=O)c1ccc(C)c(CNCCC)c1. The number of hydrogen-bond donors (Lipinski definition) is 1. The van der Waals surface area contributed by atoms with Crippen LogP contribution in [0.3, 0.4) is 0 Å². The summed E-state index contributed by atoms with van der Waals surface area (Å²) in [5, 5.41) is 3.31. The minimum Gasteiger partial charge on any atom is -0.313 e. The molecule has 0 aliphatic heterocycles. The van der Waals surface area contributed by atoms with E-state index < -0.39 is 10.0 Å². The summed E-state index contributed by atoms with van der Waals surface area (Å²) in [6, 6.07) is 5.30. The Labute approximate surface area is 128 Å². The van der Waals surface area contributed by atoms with Gasteiger partial charge in [0.1, 0.15) is 0 Å². The van der Waals surface area contributed by atoms with Crippen molar-refractivity contribution < 1.29 is 8.42 Å². The Balaban J connectivity index is 3.02. The van der Waals surface area contributed by atoms with Gasteiger partial charge in [0.15, 0.2) is 0 Å². The number of likely N-dealkylation sites (N-methyl/N-ethyl adjacent to an activating group) is 1. The first-order valence-electron chi connectivity index (χ1n) is 7.20. The van der Waals surface area contributed by atoms with E-state index in [1.807, 2.05) is 19.9 Å². The van der Waals surface area contributed by atoms with Gasteiger partial charge in [-0.25, -0.2) is 8.42 Å². The molecule has 118 valence electrons. The van der Waals surface area contributed by atoms with Crippen molar-refractivity contribution in [2.24, 2.45) is 0 Å². The molecular formula is C16H26N2O2S. The lowest BCUT2D eigenvalue weighted by molar-refractivity contribution is 0.493. The van der Waals surface area contributed by atoms with Crippen LogP contribution in [-0.4, -0.2) is 32.9 Å². The van der Waals surface area contributed by atoms with Gasteiger partial charge >= 0.3 is 0 Å². The Morgan fingerprint density at radius 3 is 2.62 bits per heavy atom. The number of nitrogens with one attached hydrogen (secondary N) is 1. The number of benzene rings is 1. The van der Waals surface area contributed by atoms with Gasteiger partial charge in [-0.05, 0) is 50.1 Å². The third-order valence-corrected chi connectivity index (χ3v) is 5.06. The van der Waals surface area contributed by atoms with E-state index in [4.69, 9.17) is 0 Å². The Morgan fingerprint density at radius 2 is 2.05 bits per heavy atom. The standard InChI is InChI=1S/C16H26N2O2S/c1-6-9-17-11-15-10-16(8-7-14(15)4)21(19,20)18(5)12-13(2)3/h7-8,10,17H,2,6,9,11-12H2,1,3-5H3. The van der Waals surface area contributed by atoms with E-state index in [0.29, 0.717) is 18.0 Å². The minimum absolute atomic E-state index is 0.333. The van der Waals surface area contributed by atoms with Crippen molar-refractivity contribution in [1.82, 2.24) is 9.62 Å². The minimum atomic E-state index is -3.46. The zero-order valence-corrected chi connectivity index (χ0v) is 14.3. The summed E-state index contributed by atoms with van der Waals surface area (Å²) in [4.78, 5) is 0.338. The lowest BCUT2D eigenvalue weighted by atomic mass is 10.1. The average molecular weight is 310 g/mol. The molecule has 0 aliphatic carbocycles. The smallest absolute Gasteiger partial charge is 0.243 e. The van der Waals surface area contributed by atoms with Crippen LogP contribution in [0.2, 0.25) is 0 Å². The molecule has 0 aliphatic rings. The zero-order chi connectivity index (χ0) is 16.0. The molecule has 1 rings (SSSR count). The zero-order valence-electron chi connectivity index (χ0n) is 13.4. The predicted molar refractivity (Wildman–Crippen MR) is 87.8 cm³/mol. The van der Waals surface area contributed by atoms with Crippen LogP contribution in [0.1, 0.15) is 31.4 Å². The van der Waals surface area contributed by atoms with E-state index in [0.717, 1.165) is 29.7 Å². The maximum Gasteiger partial charge on any atom is 0.243 e. The monoisotopic (exact) mass is 310 g/mol. The van der Waals surface area contributed by atoms with Gasteiger partial charge in [0, 0.05) is 20.1 Å². The Kier molecular flexibility index (Phi) is 6.58. The molecule has 21 heavy (non-hydrogen) atoms. The van der Waals surface area contributed by atoms with Crippen molar-refractivity contribution in [2.75, 3.05) is 20.1 Å². The van der Waals surface area contributed by atoms with Gasteiger partial charge in [-0.2, -0.15) is 4.31 Å². The van der Waals surface area contributed by atoms with Gasteiger partial charge in [-0.3, -0.25) is 0 Å². The lowest BCUT2D eigenvalue weighted by Gasteiger charge is -2.18. The molecule has 5 heteroatoms. The number of sulfonamides is 1. The van der Waals surface area contributed by atoms with Crippen molar-refractivity contribution in [1.29, 1.82) is 0 Å². The van der Waals surface area contributed by atoms with Crippen LogP contribution in [0.5, 0.6) is 0 Å². The molecule has 0 heterocycles. The maximum absolute atomic E-state index is 12.5. The molecule has 0 unspecified atom stereocenters. The van der Waals surface area contributed by atoms with Gasteiger partial charge in [0.2, 0.25) is 10.0 Å². The fourth-order valence-electron chi connectivity index (χ4n) is 2.04. The molecule has 0 fully saturated rings. The molecule has 0 radical (unpaired) electrons. The molecule has 0 amide bonds. The van der Waals surface area contributed by atoms with E-state index >= 15 is 0 Å². The van der Waals surface area contributed by atoms with Gasteiger partial charge in [0.05, 0.1) is 4.90 Å². The Bertz CT molecular complexity index is 594. The fourth-order valence-corrected chi connectivity index (χ4v) is 3.33. The largest absolute Gasteiger partial charge is 0.313 e. The Morgan fingerprint density at radius 1 is 1.38 bits per heavy atom. The van der Waals surface area contributed by atoms with Crippen LogP contribution >= 0.6 is 0 Å². The summed E-state index contributed by atoms with van der Waals surface area (Å²) in [5.41, 5.74) is 2.94. The second kappa shape index (κ2) is 7.73. The van der Waals surface area contributed by atoms with E-state index in [2.05, 4.69) is 18.8 Å². The highest BCUT2D eigenvalue weighted by Gasteiger charge is 2.21. The summed E-state index contributed by atoms with van der Waals surface area (Å²) in [7, 11) is -1.88. The summed E-state index contributed by atoms with van der Waals surface area (Å²) >= 11 is 0. The normalized spacial score (nSPS) is 11.9. The average Bonchev–Trinajstić information content (AvgIpc) is 2.40. The molecule has 0 saturated heterocycles. The lowest BCUT2D eigenvalue weighted by Crippen LogP contribution is -2.28. The van der Waals surface area contributed by atoms with Gasteiger partial charge < -0.3 is 5.32 Å². The molecule has 0 saturated carbocycles. The van der Waals surface area contributed by atoms with Crippen LogP contribution in [0, 0.1) is 6.92 Å². The molecule has 1 aromatic rings. The molecule has 0 aromatic heterocycles. The molecular weight excluding hydrogens is 284 g/mol. The number of rotatable bonds is 8. The highest BCUT2D eigenvalue weighted by molar-refractivity contribution is 7.89. The van der Waals surface area contributed by atoms with Gasteiger partial charge in [-0.15, -0.1) is 0 Å². The van der Waals surface area contributed by atoms with E-state index in [1.54, 1.807) is 19.2 Å². The maximum atomic E-state index is 12.5. The van der Waals surface area contributed by atoms with Gasteiger partial charge in [-0.1, -0.05) is 25.1 Å². The van der Waals surface area contributed by atoms with E-state index in [1.165, 1.54) is 4.31 Å². The fraction of sp³-hybridized carbons (Fsp3) is 0.500. The van der Waals surface area contributed by atoms with E-state index in [-0.39, 0.29) is 0 Å². The summed E-state index contributed by atoms with van der Waals surface area (Å²) in [6.45, 7) is 11.6. The topological polar surface area (TPSA) is 49.4 Å². The molecule has 1 N–H and O–H groups in total. The molecule has 1 aromatic carbocycles. The first-order valence-corrected chi connectivity index (χ1v) is 8.64. The Hall–Kier alpha value is -1.17. The third kappa shape index (κ3) is 4.95. The summed E-state index contributed by atoms with van der Waals surface area (Å²) < 4.78 is 26.4. The van der Waals surface area contributed by atoms with E-state index in [9.17, 15) is 8.42 Å². The number of hydrogen-bond acceptors (Lipinski definition) is 3. The molecule has 4 nitrogen and oxygen atoms in total. The van der Waals surface area contributed by atoms with Crippen LogP contribution in [0.15, 0.2) is 35.2 Å². The van der Waals surface area contributed by atoms with Crippen molar-refractivity contribution in [3.05, 3.63) is 41.5 Å². The summed E-state index contributed by atoms with van der Waals surface area (Å²) in [5.74, 6) is 0. The second-order valence-corrected chi connectivity index (χ2v) is 7.53. The van der Waals surface area contributed by atoms with Gasteiger partial charge in [0.25, 0.3) is 0 Å². The van der Waals surface area contributed by atoms with Crippen LogP contribution in [0.4, 0.5) is 0 Å². The number of nitrogens with zero attached hydrogens (tertiary/aromatic N) is 1. The molecule has 0 atom stereocenters. The third-order valence-electron chi connectivity index (χ3n) is 3.26. The predicted octanol–water partition coefficient (Wildman–Crippen LogP) is 2.69. The van der Waals surface area contributed by atoms with Crippen LogP contribution in [-0.2, 0) is 16.6 Å². The highest BCUT2D eigenvalue weighted by Crippen LogP contribution is 2.19.